The molecule has 4 atom stereocenters. The minimum absolute atomic E-state index is 0.109. The molecule has 8 heteroatoms. The lowest BCUT2D eigenvalue weighted by atomic mass is 9.69. The van der Waals surface area contributed by atoms with E-state index in [9.17, 15) is 14.4 Å². The van der Waals surface area contributed by atoms with Crippen LogP contribution in [0.1, 0.15) is 52.0 Å². The summed E-state index contributed by atoms with van der Waals surface area (Å²) in [4.78, 5) is 39.5. The number of nitrogens with one attached hydrogen (secondary N) is 1. The summed E-state index contributed by atoms with van der Waals surface area (Å²) >= 11 is 0. The van der Waals surface area contributed by atoms with E-state index in [1.807, 2.05) is 26.8 Å². The maximum absolute atomic E-state index is 13.7. The number of esters is 2. The zero-order valence-corrected chi connectivity index (χ0v) is 19.5. The molecule has 4 rings (SSSR count). The number of hydrogen-bond donors (Lipinski definition) is 1. The molecular weight excluding hydrogens is 426 g/mol. The lowest BCUT2D eigenvalue weighted by Crippen LogP contribution is -2.43. The van der Waals surface area contributed by atoms with Crippen LogP contribution in [0.5, 0.6) is 11.5 Å². The van der Waals surface area contributed by atoms with E-state index < -0.39 is 23.8 Å². The molecule has 1 N–H and O–H groups in total. The molecule has 2 heterocycles. The first-order valence-corrected chi connectivity index (χ1v) is 11.2. The zero-order chi connectivity index (χ0) is 23.9. The second-order valence-electron chi connectivity index (χ2n) is 8.77. The largest absolute Gasteiger partial charge is 0.468 e. The third-order valence-electron chi connectivity index (χ3n) is 6.58. The van der Waals surface area contributed by atoms with E-state index in [0.29, 0.717) is 52.4 Å². The van der Waals surface area contributed by atoms with E-state index in [2.05, 4.69) is 5.32 Å². The van der Waals surface area contributed by atoms with Crippen molar-refractivity contribution in [3.8, 4) is 11.5 Å². The molecule has 1 aromatic carbocycles. The molecule has 0 saturated carbocycles. The van der Waals surface area contributed by atoms with Crippen molar-refractivity contribution in [3.05, 3.63) is 46.3 Å². The van der Waals surface area contributed by atoms with E-state index in [0.717, 1.165) is 0 Å². The number of methoxy groups -OCH3 is 1. The third kappa shape index (κ3) is 3.98. The van der Waals surface area contributed by atoms with Crippen LogP contribution in [0.25, 0.3) is 0 Å². The number of carbonyl (C=O) groups is 3. The Morgan fingerprint density at radius 2 is 1.97 bits per heavy atom. The molecule has 0 fully saturated rings. The summed E-state index contributed by atoms with van der Waals surface area (Å²) in [5, 5.41) is 3.26. The Morgan fingerprint density at radius 1 is 1.24 bits per heavy atom. The number of benzene rings is 1. The first-order chi connectivity index (χ1) is 15.8. The Bertz CT molecular complexity index is 1070. The Hall–Kier alpha value is -3.29. The van der Waals surface area contributed by atoms with Crippen molar-refractivity contribution in [1.29, 1.82) is 0 Å². The van der Waals surface area contributed by atoms with Crippen LogP contribution in [-0.4, -0.2) is 37.7 Å². The second-order valence-corrected chi connectivity index (χ2v) is 8.77. The summed E-state index contributed by atoms with van der Waals surface area (Å²) in [6.07, 6.45) is 0.859. The van der Waals surface area contributed by atoms with Gasteiger partial charge < -0.3 is 24.3 Å². The van der Waals surface area contributed by atoms with Gasteiger partial charge in [0.25, 0.3) is 0 Å². The number of carbonyl (C=O) groups excluding carboxylic acids is 3. The van der Waals surface area contributed by atoms with Crippen LogP contribution in [0, 0.1) is 11.8 Å². The molecule has 8 nitrogen and oxygen atoms in total. The van der Waals surface area contributed by atoms with Crippen molar-refractivity contribution in [2.75, 3.05) is 13.9 Å². The molecular formula is C25H29NO7. The van der Waals surface area contributed by atoms with Gasteiger partial charge in [-0.15, -0.1) is 0 Å². The van der Waals surface area contributed by atoms with Crippen LogP contribution < -0.4 is 14.8 Å². The smallest absolute Gasteiger partial charge is 0.337 e. The van der Waals surface area contributed by atoms with E-state index in [-0.39, 0.29) is 24.6 Å². The van der Waals surface area contributed by atoms with E-state index >= 15 is 0 Å². The lowest BCUT2D eigenvalue weighted by Gasteiger charge is -2.38. The van der Waals surface area contributed by atoms with Gasteiger partial charge in [0.2, 0.25) is 6.79 Å². The van der Waals surface area contributed by atoms with Gasteiger partial charge >= 0.3 is 11.9 Å². The van der Waals surface area contributed by atoms with Gasteiger partial charge in [-0.2, -0.15) is 0 Å². The molecule has 1 aliphatic carbocycles. The van der Waals surface area contributed by atoms with Crippen LogP contribution in [0.2, 0.25) is 0 Å². The maximum atomic E-state index is 13.7. The molecule has 2 aliphatic heterocycles. The van der Waals surface area contributed by atoms with Gasteiger partial charge in [0.1, 0.15) is 5.92 Å². The number of fused-ring (bicyclic) bond motifs is 1. The monoisotopic (exact) mass is 455 g/mol. The molecule has 0 bridgehead atoms. The molecule has 0 radical (unpaired) electrons. The van der Waals surface area contributed by atoms with Gasteiger partial charge in [-0.1, -0.05) is 19.9 Å². The SMILES string of the molecule is CCC(C)OC(=O)C1=C(C)NC2=C(C(=O)C(C(=O)OC)C(C)C2)C1c1ccc2c(c1)OCO2. The first-order valence-electron chi connectivity index (χ1n) is 11.2. The number of allylic oxidation sites excluding steroid dienone is 3. The maximum Gasteiger partial charge on any atom is 0.337 e. The van der Waals surface area contributed by atoms with Gasteiger partial charge in [-0.3, -0.25) is 9.59 Å². The Morgan fingerprint density at radius 3 is 2.67 bits per heavy atom. The molecule has 176 valence electrons. The van der Waals surface area contributed by atoms with Crippen molar-refractivity contribution < 1.29 is 33.3 Å². The Balaban J connectivity index is 1.85. The number of hydrogen-bond acceptors (Lipinski definition) is 8. The van der Waals surface area contributed by atoms with Gasteiger partial charge in [-0.25, -0.2) is 4.79 Å². The van der Waals surface area contributed by atoms with Crippen LogP contribution in [0.3, 0.4) is 0 Å². The summed E-state index contributed by atoms with van der Waals surface area (Å²) in [6, 6.07) is 5.36. The van der Waals surface area contributed by atoms with Crippen molar-refractivity contribution >= 4 is 17.7 Å². The molecule has 33 heavy (non-hydrogen) atoms. The highest BCUT2D eigenvalue weighted by molar-refractivity contribution is 6.12. The van der Waals surface area contributed by atoms with Crippen molar-refractivity contribution in [3.63, 3.8) is 0 Å². The number of ketones is 1. The standard InChI is InChI=1S/C25H29NO7/c1-6-13(3)33-25(29)20-14(4)26-16-9-12(2)19(24(28)30-5)23(27)22(16)21(20)15-7-8-17-18(10-15)32-11-31-17/h7-8,10,12-13,19,21,26H,6,9,11H2,1-5H3. The normalized spacial score (nSPS) is 24.8. The van der Waals surface area contributed by atoms with E-state index in [1.165, 1.54) is 7.11 Å². The summed E-state index contributed by atoms with van der Waals surface area (Å²) in [5.41, 5.74) is 2.77. The van der Waals surface area contributed by atoms with Crippen LogP contribution >= 0.6 is 0 Å². The fourth-order valence-electron chi connectivity index (χ4n) is 4.71. The van der Waals surface area contributed by atoms with Crippen LogP contribution in [-0.2, 0) is 23.9 Å². The predicted molar refractivity (Wildman–Crippen MR) is 118 cm³/mol. The number of Topliss-reactive ketones (excluding diaryl/α,β-unsaturated/α-hetero) is 1. The summed E-state index contributed by atoms with van der Waals surface area (Å²) in [6.45, 7) is 7.52. The number of ether oxygens (including phenoxy) is 4. The molecule has 0 spiro atoms. The minimum Gasteiger partial charge on any atom is -0.468 e. The Labute approximate surface area is 192 Å². The summed E-state index contributed by atoms with van der Waals surface area (Å²) < 4.78 is 21.6. The molecule has 0 aromatic heterocycles. The lowest BCUT2D eigenvalue weighted by molar-refractivity contribution is -0.151. The van der Waals surface area contributed by atoms with Crippen molar-refractivity contribution in [2.24, 2.45) is 11.8 Å². The van der Waals surface area contributed by atoms with Gasteiger partial charge in [0, 0.05) is 22.9 Å². The van der Waals surface area contributed by atoms with Crippen molar-refractivity contribution in [1.82, 2.24) is 5.32 Å². The quantitative estimate of drug-likeness (QED) is 0.533. The highest BCUT2D eigenvalue weighted by atomic mass is 16.7. The molecule has 1 aromatic rings. The average molecular weight is 456 g/mol. The van der Waals surface area contributed by atoms with E-state index in [4.69, 9.17) is 18.9 Å². The van der Waals surface area contributed by atoms with Gasteiger partial charge in [0.05, 0.1) is 18.8 Å². The summed E-state index contributed by atoms with van der Waals surface area (Å²) in [5.74, 6) is -2.15. The summed E-state index contributed by atoms with van der Waals surface area (Å²) in [7, 11) is 1.28. The predicted octanol–water partition coefficient (Wildman–Crippen LogP) is 3.37. The fraction of sp³-hybridized carbons (Fsp3) is 0.480. The third-order valence-corrected chi connectivity index (χ3v) is 6.58. The topological polar surface area (TPSA) is 100 Å². The molecule has 0 saturated heterocycles. The van der Waals surface area contributed by atoms with Crippen molar-refractivity contribution in [2.45, 2.75) is 52.6 Å². The first kappa shape index (κ1) is 22.9. The van der Waals surface area contributed by atoms with Crippen LogP contribution in [0.15, 0.2) is 40.7 Å². The highest BCUT2D eigenvalue weighted by Gasteiger charge is 2.47. The number of dihydropyridines is 1. The minimum atomic E-state index is -0.933. The van der Waals surface area contributed by atoms with Gasteiger partial charge in [-0.05, 0) is 50.3 Å². The van der Waals surface area contributed by atoms with E-state index in [1.54, 1.807) is 19.1 Å². The average Bonchev–Trinajstić information content (AvgIpc) is 3.25. The number of rotatable bonds is 5. The molecule has 3 aliphatic rings. The highest BCUT2D eigenvalue weighted by Crippen LogP contribution is 2.47. The zero-order valence-electron chi connectivity index (χ0n) is 19.5. The second kappa shape index (κ2) is 8.92. The van der Waals surface area contributed by atoms with Crippen LogP contribution in [0.4, 0.5) is 0 Å². The Kier molecular flexibility index (Phi) is 6.19. The molecule has 0 amide bonds. The van der Waals surface area contributed by atoms with Gasteiger partial charge in [0.15, 0.2) is 17.3 Å². The fourth-order valence-corrected chi connectivity index (χ4v) is 4.71. The molecule has 4 unspecified atom stereocenters.